The average molecular weight is 268 g/mol. The third-order valence-corrected chi connectivity index (χ3v) is 2.64. The maximum Gasteiger partial charge on any atom is 0.338 e. The summed E-state index contributed by atoms with van der Waals surface area (Å²) in [6.45, 7) is 5.89. The number of nitrogens with one attached hydrogen (secondary N) is 2. The minimum atomic E-state index is -1.34. The van der Waals surface area contributed by atoms with Crippen LogP contribution in [0.25, 0.3) is 0 Å². The first kappa shape index (κ1) is 15.1. The number of carbonyl (C=O) groups is 2. The molecule has 0 fully saturated rings. The van der Waals surface area contributed by atoms with Crippen molar-refractivity contribution >= 4 is 17.6 Å². The lowest BCUT2D eigenvalue weighted by molar-refractivity contribution is -0.121. The van der Waals surface area contributed by atoms with E-state index in [1.807, 2.05) is 6.92 Å². The number of rotatable bonds is 5. The van der Waals surface area contributed by atoms with Gasteiger partial charge in [-0.2, -0.15) is 0 Å². The van der Waals surface area contributed by atoms with Crippen LogP contribution < -0.4 is 10.6 Å². The summed E-state index contributed by atoms with van der Waals surface area (Å²) in [5.41, 5.74) is -1.00. The topological polar surface area (TPSA) is 78.4 Å². The Morgan fingerprint density at radius 2 is 2.00 bits per heavy atom. The molecule has 0 saturated carbocycles. The fourth-order valence-electron chi connectivity index (χ4n) is 1.58. The fourth-order valence-corrected chi connectivity index (χ4v) is 1.58. The van der Waals surface area contributed by atoms with Crippen LogP contribution in [0.2, 0.25) is 0 Å². The lowest BCUT2D eigenvalue weighted by Crippen LogP contribution is -2.49. The van der Waals surface area contributed by atoms with Crippen molar-refractivity contribution in [2.24, 2.45) is 0 Å². The van der Waals surface area contributed by atoms with Gasteiger partial charge in [0, 0.05) is 5.69 Å². The maximum absolute atomic E-state index is 13.4. The van der Waals surface area contributed by atoms with Crippen LogP contribution in [0.5, 0.6) is 0 Å². The van der Waals surface area contributed by atoms with Gasteiger partial charge in [-0.15, -0.1) is 0 Å². The molecule has 0 bridgehead atoms. The van der Waals surface area contributed by atoms with E-state index >= 15 is 0 Å². The zero-order valence-corrected chi connectivity index (χ0v) is 11.1. The molecule has 0 aliphatic carbocycles. The molecule has 0 radical (unpaired) electrons. The summed E-state index contributed by atoms with van der Waals surface area (Å²) < 4.78 is 13.4. The molecule has 6 heteroatoms. The Morgan fingerprint density at radius 1 is 1.37 bits per heavy atom. The van der Waals surface area contributed by atoms with Gasteiger partial charge in [-0.05, 0) is 38.6 Å². The van der Waals surface area contributed by atoms with E-state index < -0.39 is 22.9 Å². The van der Waals surface area contributed by atoms with Crippen LogP contribution in [0.1, 0.15) is 31.1 Å². The standard InChI is InChI=1S/C13H17FN2O3/c1-4-15-13(2,3)12(19)16-8-5-6-9(11(17)18)10(14)7-8/h5-7,15H,4H2,1-3H3,(H,16,19)(H,17,18). The van der Waals surface area contributed by atoms with Gasteiger partial charge in [0.1, 0.15) is 5.82 Å². The van der Waals surface area contributed by atoms with E-state index in [1.54, 1.807) is 13.8 Å². The zero-order valence-electron chi connectivity index (χ0n) is 11.1. The van der Waals surface area contributed by atoms with Gasteiger partial charge >= 0.3 is 5.97 Å². The van der Waals surface area contributed by atoms with Crippen LogP contribution in [-0.4, -0.2) is 29.1 Å². The quantitative estimate of drug-likeness (QED) is 0.761. The maximum atomic E-state index is 13.4. The number of aromatic carboxylic acids is 1. The highest BCUT2D eigenvalue weighted by Gasteiger charge is 2.26. The van der Waals surface area contributed by atoms with E-state index in [4.69, 9.17) is 5.11 Å². The van der Waals surface area contributed by atoms with Crippen molar-refractivity contribution in [3.8, 4) is 0 Å². The lowest BCUT2D eigenvalue weighted by Gasteiger charge is -2.24. The summed E-state index contributed by atoms with van der Waals surface area (Å²) in [7, 11) is 0. The Morgan fingerprint density at radius 3 is 2.47 bits per heavy atom. The number of amides is 1. The van der Waals surface area contributed by atoms with Crippen LogP contribution in [0, 0.1) is 5.82 Å². The number of carbonyl (C=O) groups excluding carboxylic acids is 1. The third-order valence-electron chi connectivity index (χ3n) is 2.64. The molecule has 0 aliphatic heterocycles. The monoisotopic (exact) mass is 268 g/mol. The van der Waals surface area contributed by atoms with E-state index in [0.717, 1.165) is 12.1 Å². The predicted molar refractivity (Wildman–Crippen MR) is 69.7 cm³/mol. The van der Waals surface area contributed by atoms with Gasteiger partial charge in [0.25, 0.3) is 0 Å². The molecule has 0 atom stereocenters. The van der Waals surface area contributed by atoms with Crippen molar-refractivity contribution < 1.29 is 19.1 Å². The number of benzene rings is 1. The van der Waals surface area contributed by atoms with Crippen LogP contribution in [-0.2, 0) is 4.79 Å². The second-order valence-corrected chi connectivity index (χ2v) is 4.61. The summed E-state index contributed by atoms with van der Waals surface area (Å²) in [5.74, 6) is -2.55. The molecule has 1 aromatic rings. The summed E-state index contributed by atoms with van der Waals surface area (Å²) in [6, 6.07) is 3.46. The van der Waals surface area contributed by atoms with Crippen molar-refractivity contribution in [2.45, 2.75) is 26.3 Å². The highest BCUT2D eigenvalue weighted by molar-refractivity contribution is 5.98. The van der Waals surface area contributed by atoms with Crippen LogP contribution >= 0.6 is 0 Å². The number of hydrogen-bond donors (Lipinski definition) is 3. The molecule has 19 heavy (non-hydrogen) atoms. The summed E-state index contributed by atoms with van der Waals surface area (Å²) in [6.07, 6.45) is 0. The Labute approximate surface area is 110 Å². The summed E-state index contributed by atoms with van der Waals surface area (Å²) >= 11 is 0. The number of likely N-dealkylation sites (N-methyl/N-ethyl adjacent to an activating group) is 1. The van der Waals surface area contributed by atoms with Crippen molar-refractivity contribution in [1.29, 1.82) is 0 Å². The molecule has 5 nitrogen and oxygen atoms in total. The zero-order chi connectivity index (χ0) is 14.6. The Hall–Kier alpha value is -1.95. The molecule has 1 aromatic carbocycles. The number of halogens is 1. The second kappa shape index (κ2) is 5.79. The first-order valence-corrected chi connectivity index (χ1v) is 5.87. The van der Waals surface area contributed by atoms with Gasteiger partial charge in [0.15, 0.2) is 0 Å². The average Bonchev–Trinajstić information content (AvgIpc) is 2.28. The van der Waals surface area contributed by atoms with Crippen molar-refractivity contribution in [1.82, 2.24) is 5.32 Å². The SMILES string of the molecule is CCNC(C)(C)C(=O)Nc1ccc(C(=O)O)c(F)c1. The van der Waals surface area contributed by atoms with Gasteiger partial charge in [-0.1, -0.05) is 6.92 Å². The summed E-state index contributed by atoms with van der Waals surface area (Å²) in [4.78, 5) is 22.6. The second-order valence-electron chi connectivity index (χ2n) is 4.61. The van der Waals surface area contributed by atoms with E-state index in [2.05, 4.69) is 10.6 Å². The minimum Gasteiger partial charge on any atom is -0.478 e. The van der Waals surface area contributed by atoms with Gasteiger partial charge in [-0.25, -0.2) is 9.18 Å². The van der Waals surface area contributed by atoms with E-state index in [1.165, 1.54) is 6.07 Å². The number of carboxylic acids is 1. The largest absolute Gasteiger partial charge is 0.478 e. The van der Waals surface area contributed by atoms with Gasteiger partial charge < -0.3 is 15.7 Å². The molecule has 1 amide bonds. The number of carboxylic acid groups (broad SMARTS) is 1. The molecule has 0 unspecified atom stereocenters. The molecule has 0 aliphatic rings. The smallest absolute Gasteiger partial charge is 0.338 e. The van der Waals surface area contributed by atoms with E-state index in [-0.39, 0.29) is 11.6 Å². The highest BCUT2D eigenvalue weighted by Crippen LogP contribution is 2.16. The third kappa shape index (κ3) is 3.75. The molecule has 0 heterocycles. The molecular weight excluding hydrogens is 251 g/mol. The number of hydrogen-bond acceptors (Lipinski definition) is 3. The minimum absolute atomic E-state index is 0.221. The Balaban J connectivity index is 2.87. The van der Waals surface area contributed by atoms with Crippen molar-refractivity contribution in [3.63, 3.8) is 0 Å². The number of anilines is 1. The first-order chi connectivity index (χ1) is 8.77. The van der Waals surface area contributed by atoms with Crippen LogP contribution in [0.3, 0.4) is 0 Å². The molecule has 0 spiro atoms. The van der Waals surface area contributed by atoms with Crippen molar-refractivity contribution in [3.05, 3.63) is 29.6 Å². The van der Waals surface area contributed by atoms with Crippen molar-refractivity contribution in [2.75, 3.05) is 11.9 Å². The van der Waals surface area contributed by atoms with Gasteiger partial charge in [0.2, 0.25) is 5.91 Å². The predicted octanol–water partition coefficient (Wildman–Crippen LogP) is 1.85. The van der Waals surface area contributed by atoms with E-state index in [9.17, 15) is 14.0 Å². The summed E-state index contributed by atoms with van der Waals surface area (Å²) in [5, 5.41) is 14.2. The molecule has 3 N–H and O–H groups in total. The molecule has 1 rings (SSSR count). The van der Waals surface area contributed by atoms with E-state index in [0.29, 0.717) is 6.54 Å². The molecule has 104 valence electrons. The van der Waals surface area contributed by atoms with Gasteiger partial charge in [0.05, 0.1) is 11.1 Å². The molecular formula is C13H17FN2O3. The highest BCUT2D eigenvalue weighted by atomic mass is 19.1. The lowest BCUT2D eigenvalue weighted by atomic mass is 10.0. The van der Waals surface area contributed by atoms with Gasteiger partial charge in [-0.3, -0.25) is 4.79 Å². The molecule has 0 aromatic heterocycles. The van der Waals surface area contributed by atoms with Crippen LogP contribution in [0.4, 0.5) is 10.1 Å². The Bertz CT molecular complexity index is 501. The Kier molecular flexibility index (Phi) is 4.61. The first-order valence-electron chi connectivity index (χ1n) is 5.87. The van der Waals surface area contributed by atoms with Crippen LogP contribution in [0.15, 0.2) is 18.2 Å². The normalized spacial score (nSPS) is 11.2. The molecule has 0 saturated heterocycles. The fraction of sp³-hybridized carbons (Fsp3) is 0.385.